The zero-order chi connectivity index (χ0) is 12.5. The van der Waals surface area contributed by atoms with Crippen molar-refractivity contribution in [3.05, 3.63) is 29.8 Å². The first-order chi connectivity index (χ1) is 8.33. The molecule has 96 valence electrons. The minimum atomic E-state index is 0.103. The summed E-state index contributed by atoms with van der Waals surface area (Å²) >= 11 is 0. The summed E-state index contributed by atoms with van der Waals surface area (Å²) in [7, 11) is 1.67. The largest absolute Gasteiger partial charge is 0.496 e. The molecule has 4 nitrogen and oxygen atoms in total. The van der Waals surface area contributed by atoms with Gasteiger partial charge in [-0.3, -0.25) is 11.3 Å². The van der Waals surface area contributed by atoms with Gasteiger partial charge in [0.05, 0.1) is 7.11 Å². The first-order valence-electron chi connectivity index (χ1n) is 6.00. The van der Waals surface area contributed by atoms with E-state index < -0.39 is 0 Å². The van der Waals surface area contributed by atoms with Crippen LogP contribution in [-0.4, -0.2) is 20.3 Å². The van der Waals surface area contributed by atoms with E-state index in [1.807, 2.05) is 31.2 Å². The lowest BCUT2D eigenvalue weighted by molar-refractivity contribution is 0.140. The molecule has 0 heterocycles. The molecule has 0 aliphatic rings. The van der Waals surface area contributed by atoms with Crippen LogP contribution in [0.2, 0.25) is 0 Å². The fourth-order valence-electron chi connectivity index (χ4n) is 1.82. The monoisotopic (exact) mass is 238 g/mol. The van der Waals surface area contributed by atoms with E-state index in [9.17, 15) is 0 Å². The third-order valence-electron chi connectivity index (χ3n) is 2.70. The van der Waals surface area contributed by atoms with Gasteiger partial charge in [0, 0.05) is 24.8 Å². The molecule has 0 aromatic heterocycles. The van der Waals surface area contributed by atoms with Crippen molar-refractivity contribution in [2.24, 2.45) is 5.84 Å². The van der Waals surface area contributed by atoms with E-state index in [0.717, 1.165) is 37.4 Å². The molecule has 0 radical (unpaired) electrons. The van der Waals surface area contributed by atoms with Gasteiger partial charge in [-0.05, 0) is 25.8 Å². The van der Waals surface area contributed by atoms with Crippen molar-refractivity contribution in [2.45, 2.75) is 25.8 Å². The van der Waals surface area contributed by atoms with Gasteiger partial charge in [0.25, 0.3) is 0 Å². The summed E-state index contributed by atoms with van der Waals surface area (Å²) in [6.45, 7) is 3.53. The number of ether oxygens (including phenoxy) is 2. The quantitative estimate of drug-likeness (QED) is 0.413. The van der Waals surface area contributed by atoms with Crippen molar-refractivity contribution in [2.75, 3.05) is 20.3 Å². The van der Waals surface area contributed by atoms with Crippen molar-refractivity contribution >= 4 is 0 Å². The summed E-state index contributed by atoms with van der Waals surface area (Å²) in [4.78, 5) is 0. The molecule has 1 aromatic carbocycles. The second-order valence-corrected chi connectivity index (χ2v) is 3.80. The molecule has 0 amide bonds. The second kappa shape index (κ2) is 8.06. The average molecular weight is 238 g/mol. The molecule has 1 rings (SSSR count). The van der Waals surface area contributed by atoms with E-state index in [-0.39, 0.29) is 6.04 Å². The zero-order valence-corrected chi connectivity index (χ0v) is 10.6. The average Bonchev–Trinajstić information content (AvgIpc) is 2.39. The molecule has 0 fully saturated rings. The van der Waals surface area contributed by atoms with Crippen LogP contribution in [0.3, 0.4) is 0 Å². The molecule has 1 aromatic rings. The Balaban J connectivity index is 2.59. The Labute approximate surface area is 103 Å². The number of benzene rings is 1. The van der Waals surface area contributed by atoms with Gasteiger partial charge in [0.2, 0.25) is 0 Å². The maximum absolute atomic E-state index is 5.60. The van der Waals surface area contributed by atoms with Crippen LogP contribution in [0.25, 0.3) is 0 Å². The Kier molecular flexibility index (Phi) is 6.62. The lowest BCUT2D eigenvalue weighted by Gasteiger charge is -2.18. The second-order valence-electron chi connectivity index (χ2n) is 3.80. The number of methoxy groups -OCH3 is 1. The summed E-state index contributed by atoms with van der Waals surface area (Å²) in [6, 6.07) is 8.03. The van der Waals surface area contributed by atoms with Crippen molar-refractivity contribution in [1.29, 1.82) is 0 Å². The van der Waals surface area contributed by atoms with Crippen molar-refractivity contribution in [3.63, 3.8) is 0 Å². The third-order valence-corrected chi connectivity index (χ3v) is 2.70. The zero-order valence-electron chi connectivity index (χ0n) is 10.6. The van der Waals surface area contributed by atoms with Crippen LogP contribution < -0.4 is 16.0 Å². The maximum Gasteiger partial charge on any atom is 0.123 e. The summed E-state index contributed by atoms with van der Waals surface area (Å²) in [5, 5.41) is 0. The SMILES string of the molecule is CCOCCCC(NN)c1ccccc1OC. The van der Waals surface area contributed by atoms with Gasteiger partial charge >= 0.3 is 0 Å². The van der Waals surface area contributed by atoms with Gasteiger partial charge in [0.1, 0.15) is 5.75 Å². The normalized spacial score (nSPS) is 12.4. The highest BCUT2D eigenvalue weighted by molar-refractivity contribution is 5.35. The molecular weight excluding hydrogens is 216 g/mol. The minimum absolute atomic E-state index is 0.103. The van der Waals surface area contributed by atoms with Gasteiger partial charge in [-0.1, -0.05) is 18.2 Å². The van der Waals surface area contributed by atoms with Crippen molar-refractivity contribution in [1.82, 2.24) is 5.43 Å². The van der Waals surface area contributed by atoms with E-state index >= 15 is 0 Å². The van der Waals surface area contributed by atoms with Gasteiger partial charge < -0.3 is 9.47 Å². The van der Waals surface area contributed by atoms with Crippen LogP contribution in [0, 0.1) is 0 Å². The Morgan fingerprint density at radius 3 is 2.76 bits per heavy atom. The lowest BCUT2D eigenvalue weighted by atomic mass is 10.0. The van der Waals surface area contributed by atoms with Gasteiger partial charge in [-0.2, -0.15) is 0 Å². The van der Waals surface area contributed by atoms with E-state index in [1.54, 1.807) is 7.11 Å². The number of nitrogens with two attached hydrogens (primary N) is 1. The molecule has 0 aliphatic carbocycles. The number of rotatable bonds is 8. The number of hydrogen-bond donors (Lipinski definition) is 2. The van der Waals surface area contributed by atoms with Crippen LogP contribution in [-0.2, 0) is 4.74 Å². The van der Waals surface area contributed by atoms with Crippen LogP contribution >= 0.6 is 0 Å². The molecule has 4 heteroatoms. The smallest absolute Gasteiger partial charge is 0.123 e. The fourth-order valence-corrected chi connectivity index (χ4v) is 1.82. The number of hydrazine groups is 1. The number of nitrogens with one attached hydrogen (secondary N) is 1. The van der Waals surface area contributed by atoms with Gasteiger partial charge in [0.15, 0.2) is 0 Å². The van der Waals surface area contributed by atoms with Crippen LogP contribution in [0.1, 0.15) is 31.4 Å². The highest BCUT2D eigenvalue weighted by Gasteiger charge is 2.13. The fraction of sp³-hybridized carbons (Fsp3) is 0.538. The summed E-state index contributed by atoms with van der Waals surface area (Å²) in [6.07, 6.45) is 1.90. The summed E-state index contributed by atoms with van der Waals surface area (Å²) in [5.74, 6) is 6.46. The lowest BCUT2D eigenvalue weighted by Crippen LogP contribution is -2.28. The summed E-state index contributed by atoms with van der Waals surface area (Å²) in [5.41, 5.74) is 3.93. The Morgan fingerprint density at radius 1 is 1.35 bits per heavy atom. The first-order valence-corrected chi connectivity index (χ1v) is 6.00. The molecule has 0 bridgehead atoms. The first kappa shape index (κ1) is 14.0. The molecule has 3 N–H and O–H groups in total. The number of para-hydroxylation sites is 1. The van der Waals surface area contributed by atoms with E-state index in [0.29, 0.717) is 0 Å². The molecule has 0 aliphatic heterocycles. The van der Waals surface area contributed by atoms with Crippen LogP contribution in [0.15, 0.2) is 24.3 Å². The Bertz CT molecular complexity index is 318. The molecule has 1 unspecified atom stereocenters. The molecule has 0 saturated carbocycles. The van der Waals surface area contributed by atoms with Crippen LogP contribution in [0.4, 0.5) is 0 Å². The Morgan fingerprint density at radius 2 is 2.12 bits per heavy atom. The molecule has 0 saturated heterocycles. The predicted octanol–water partition coefficient (Wildman–Crippen LogP) is 2.02. The Hall–Kier alpha value is -1.10. The number of hydrogen-bond acceptors (Lipinski definition) is 4. The van der Waals surface area contributed by atoms with E-state index in [4.69, 9.17) is 15.3 Å². The molecule has 17 heavy (non-hydrogen) atoms. The van der Waals surface area contributed by atoms with Crippen LogP contribution in [0.5, 0.6) is 5.75 Å². The van der Waals surface area contributed by atoms with Crippen molar-refractivity contribution < 1.29 is 9.47 Å². The third kappa shape index (κ3) is 4.34. The van der Waals surface area contributed by atoms with E-state index in [1.165, 1.54) is 0 Å². The predicted molar refractivity (Wildman–Crippen MR) is 68.8 cm³/mol. The standard InChI is InChI=1S/C13H22N2O2/c1-3-17-10-6-8-12(15-14)11-7-4-5-9-13(11)16-2/h4-5,7,9,12,15H,3,6,8,10,14H2,1-2H3. The van der Waals surface area contributed by atoms with Gasteiger partial charge in [-0.15, -0.1) is 0 Å². The highest BCUT2D eigenvalue weighted by Crippen LogP contribution is 2.27. The van der Waals surface area contributed by atoms with Gasteiger partial charge in [-0.25, -0.2) is 0 Å². The molecule has 0 spiro atoms. The topological polar surface area (TPSA) is 56.5 Å². The highest BCUT2D eigenvalue weighted by atomic mass is 16.5. The molecule has 1 atom stereocenters. The van der Waals surface area contributed by atoms with Crippen molar-refractivity contribution in [3.8, 4) is 5.75 Å². The molecular formula is C13H22N2O2. The summed E-state index contributed by atoms with van der Waals surface area (Å²) < 4.78 is 10.6. The maximum atomic E-state index is 5.60. The van der Waals surface area contributed by atoms with E-state index in [2.05, 4.69) is 5.43 Å². The minimum Gasteiger partial charge on any atom is -0.496 e.